The zero-order valence-electron chi connectivity index (χ0n) is 8.32. The maximum atomic E-state index is 10.5. The van der Waals surface area contributed by atoms with Gasteiger partial charge in [0.1, 0.15) is 11.9 Å². The van der Waals surface area contributed by atoms with Gasteiger partial charge in [-0.05, 0) is 26.0 Å². The highest BCUT2D eigenvalue weighted by Crippen LogP contribution is 2.14. The van der Waals surface area contributed by atoms with Crippen LogP contribution in [0.25, 0.3) is 5.65 Å². The zero-order chi connectivity index (χ0) is 10.1. The Balaban J connectivity index is 2.79. The van der Waals surface area contributed by atoms with Gasteiger partial charge in [0.15, 0.2) is 0 Å². The molecular weight excluding hydrogens is 176 g/mol. The van der Waals surface area contributed by atoms with E-state index in [9.17, 15) is 4.79 Å². The zero-order valence-corrected chi connectivity index (χ0v) is 8.32. The van der Waals surface area contributed by atoms with Gasteiger partial charge in [-0.2, -0.15) is 0 Å². The molecular formula is C11H12N2O. The van der Waals surface area contributed by atoms with E-state index in [1.807, 2.05) is 36.4 Å². The molecule has 0 unspecified atom stereocenters. The summed E-state index contributed by atoms with van der Waals surface area (Å²) in [5.41, 5.74) is 3.96. The van der Waals surface area contributed by atoms with Gasteiger partial charge >= 0.3 is 0 Å². The Morgan fingerprint density at radius 3 is 2.93 bits per heavy atom. The first-order valence-electron chi connectivity index (χ1n) is 4.61. The number of hydrogen-bond acceptors (Lipinski definition) is 2. The minimum absolute atomic E-state index is 0.428. The van der Waals surface area contributed by atoms with Crippen molar-refractivity contribution in [1.29, 1.82) is 0 Å². The minimum Gasteiger partial charge on any atom is -0.303 e. The first-order valence-corrected chi connectivity index (χ1v) is 4.61. The normalized spacial score (nSPS) is 10.7. The Hall–Kier alpha value is -1.64. The Morgan fingerprint density at radius 1 is 1.43 bits per heavy atom. The fourth-order valence-corrected chi connectivity index (χ4v) is 1.76. The van der Waals surface area contributed by atoms with Crippen molar-refractivity contribution >= 4 is 11.9 Å². The number of fused-ring (bicyclic) bond motifs is 1. The third-order valence-electron chi connectivity index (χ3n) is 2.41. The first-order chi connectivity index (χ1) is 6.74. The quantitative estimate of drug-likeness (QED) is 0.672. The van der Waals surface area contributed by atoms with Crippen LogP contribution in [0.3, 0.4) is 0 Å². The molecule has 14 heavy (non-hydrogen) atoms. The number of carbonyl (C=O) groups is 1. The van der Waals surface area contributed by atoms with E-state index < -0.39 is 0 Å². The number of imidazole rings is 1. The predicted octanol–water partition coefficient (Wildman–Crippen LogP) is 1.69. The molecule has 0 bridgehead atoms. The molecule has 0 N–H and O–H groups in total. The Labute approximate surface area is 82.4 Å². The van der Waals surface area contributed by atoms with Crippen molar-refractivity contribution < 1.29 is 4.79 Å². The summed E-state index contributed by atoms with van der Waals surface area (Å²) in [4.78, 5) is 14.9. The van der Waals surface area contributed by atoms with Crippen LogP contribution >= 0.6 is 0 Å². The summed E-state index contributed by atoms with van der Waals surface area (Å²) in [6.07, 6.45) is 1.35. The molecule has 0 aliphatic carbocycles. The van der Waals surface area contributed by atoms with Gasteiger partial charge < -0.3 is 9.20 Å². The van der Waals surface area contributed by atoms with Crippen LogP contribution in [0, 0.1) is 13.8 Å². The number of hydrogen-bond donors (Lipinski definition) is 0. The number of aldehydes is 1. The molecule has 3 nitrogen and oxygen atoms in total. The van der Waals surface area contributed by atoms with Crippen molar-refractivity contribution in [2.75, 3.05) is 0 Å². The molecule has 0 saturated heterocycles. The summed E-state index contributed by atoms with van der Waals surface area (Å²) in [5.74, 6) is 0. The summed E-state index contributed by atoms with van der Waals surface area (Å²) >= 11 is 0. The summed E-state index contributed by atoms with van der Waals surface area (Å²) < 4.78 is 2.03. The fraction of sp³-hybridized carbons (Fsp3) is 0.273. The van der Waals surface area contributed by atoms with Crippen molar-refractivity contribution in [3.05, 3.63) is 35.3 Å². The monoisotopic (exact) mass is 188 g/mol. The van der Waals surface area contributed by atoms with Crippen LogP contribution in [0.4, 0.5) is 0 Å². The van der Waals surface area contributed by atoms with E-state index in [1.54, 1.807) is 0 Å². The van der Waals surface area contributed by atoms with E-state index in [2.05, 4.69) is 4.98 Å². The number of carbonyl (C=O) groups excluding carboxylic acids is 1. The van der Waals surface area contributed by atoms with Crippen molar-refractivity contribution in [3.63, 3.8) is 0 Å². The molecule has 2 aromatic heterocycles. The largest absolute Gasteiger partial charge is 0.303 e. The third kappa shape index (κ3) is 1.21. The lowest BCUT2D eigenvalue weighted by atomic mass is 10.2. The molecule has 0 atom stereocenters. The van der Waals surface area contributed by atoms with E-state index >= 15 is 0 Å². The van der Waals surface area contributed by atoms with Crippen LogP contribution < -0.4 is 0 Å². The molecule has 72 valence electrons. The van der Waals surface area contributed by atoms with Gasteiger partial charge in [-0.1, -0.05) is 6.07 Å². The average Bonchev–Trinajstić information content (AvgIpc) is 2.45. The molecule has 0 saturated carbocycles. The molecule has 0 aliphatic heterocycles. The van der Waals surface area contributed by atoms with Crippen LogP contribution in [-0.4, -0.2) is 15.7 Å². The van der Waals surface area contributed by atoms with Gasteiger partial charge in [0.05, 0.1) is 11.4 Å². The highest BCUT2D eigenvalue weighted by molar-refractivity contribution is 5.57. The lowest BCUT2D eigenvalue weighted by Crippen LogP contribution is -1.98. The van der Waals surface area contributed by atoms with E-state index in [-0.39, 0.29) is 0 Å². The SMILES string of the molecule is Cc1nc2cccc(C)n2c1CC=O. The molecule has 0 amide bonds. The Kier molecular flexibility index (Phi) is 2.08. The second-order valence-corrected chi connectivity index (χ2v) is 3.38. The number of aryl methyl sites for hydroxylation is 2. The Morgan fingerprint density at radius 2 is 2.21 bits per heavy atom. The summed E-state index contributed by atoms with van der Waals surface area (Å²) in [6.45, 7) is 3.95. The highest BCUT2D eigenvalue weighted by Gasteiger charge is 2.08. The van der Waals surface area contributed by atoms with Crippen LogP contribution in [-0.2, 0) is 11.2 Å². The van der Waals surface area contributed by atoms with E-state index in [4.69, 9.17) is 0 Å². The predicted molar refractivity (Wildman–Crippen MR) is 54.4 cm³/mol. The molecule has 2 aromatic rings. The fourth-order valence-electron chi connectivity index (χ4n) is 1.76. The van der Waals surface area contributed by atoms with Gasteiger partial charge in [0, 0.05) is 12.1 Å². The highest BCUT2D eigenvalue weighted by atomic mass is 16.1. The van der Waals surface area contributed by atoms with Crippen LogP contribution in [0.5, 0.6) is 0 Å². The van der Waals surface area contributed by atoms with Crippen molar-refractivity contribution in [3.8, 4) is 0 Å². The molecule has 0 aromatic carbocycles. The maximum Gasteiger partial charge on any atom is 0.137 e. The summed E-state index contributed by atoms with van der Waals surface area (Å²) in [6, 6.07) is 5.94. The van der Waals surface area contributed by atoms with Gasteiger partial charge in [-0.25, -0.2) is 4.98 Å². The second-order valence-electron chi connectivity index (χ2n) is 3.38. The smallest absolute Gasteiger partial charge is 0.137 e. The summed E-state index contributed by atoms with van der Waals surface area (Å²) in [7, 11) is 0. The molecule has 0 fully saturated rings. The van der Waals surface area contributed by atoms with E-state index in [0.717, 1.165) is 29.0 Å². The number of nitrogens with zero attached hydrogens (tertiary/aromatic N) is 2. The third-order valence-corrected chi connectivity index (χ3v) is 2.41. The summed E-state index contributed by atoms with van der Waals surface area (Å²) in [5, 5.41) is 0. The topological polar surface area (TPSA) is 34.4 Å². The number of rotatable bonds is 2. The Bertz CT molecular complexity index is 485. The molecule has 0 spiro atoms. The minimum atomic E-state index is 0.428. The number of aromatic nitrogens is 2. The van der Waals surface area contributed by atoms with Crippen LogP contribution in [0.2, 0.25) is 0 Å². The molecule has 2 heterocycles. The van der Waals surface area contributed by atoms with Crippen molar-refractivity contribution in [2.45, 2.75) is 20.3 Å². The second kappa shape index (κ2) is 3.25. The van der Waals surface area contributed by atoms with Crippen LogP contribution in [0.1, 0.15) is 17.1 Å². The van der Waals surface area contributed by atoms with E-state index in [1.165, 1.54) is 0 Å². The van der Waals surface area contributed by atoms with Crippen LogP contribution in [0.15, 0.2) is 18.2 Å². The lowest BCUT2D eigenvalue weighted by molar-refractivity contribution is -0.107. The van der Waals surface area contributed by atoms with Gasteiger partial charge in [0.2, 0.25) is 0 Å². The first kappa shape index (κ1) is 8.94. The standard InChI is InChI=1S/C11H12N2O/c1-8-4-3-5-11-12-9(2)10(6-7-14)13(8)11/h3-5,7H,6H2,1-2H3. The van der Waals surface area contributed by atoms with Gasteiger partial charge in [-0.3, -0.25) is 0 Å². The molecule has 2 rings (SSSR count). The average molecular weight is 188 g/mol. The molecule has 3 heteroatoms. The van der Waals surface area contributed by atoms with Gasteiger partial charge in [-0.15, -0.1) is 0 Å². The van der Waals surface area contributed by atoms with Crippen molar-refractivity contribution in [2.24, 2.45) is 0 Å². The van der Waals surface area contributed by atoms with Gasteiger partial charge in [0.25, 0.3) is 0 Å². The number of pyridine rings is 1. The van der Waals surface area contributed by atoms with Crippen molar-refractivity contribution in [1.82, 2.24) is 9.38 Å². The molecule has 0 radical (unpaired) electrons. The van der Waals surface area contributed by atoms with E-state index in [0.29, 0.717) is 6.42 Å². The molecule has 0 aliphatic rings. The lowest BCUT2D eigenvalue weighted by Gasteiger charge is -2.02. The maximum absolute atomic E-state index is 10.5.